The van der Waals surface area contributed by atoms with Crippen LogP contribution in [0, 0.1) is 6.92 Å². The van der Waals surface area contributed by atoms with Gasteiger partial charge in [0.2, 0.25) is 11.8 Å². The van der Waals surface area contributed by atoms with Gasteiger partial charge in [-0.2, -0.15) is 0 Å². The molecular formula is C26H33N3O3. The predicted octanol–water partition coefficient (Wildman–Crippen LogP) is 3.98. The molecule has 2 aromatic carbocycles. The van der Waals surface area contributed by atoms with Gasteiger partial charge in [-0.25, -0.2) is 0 Å². The minimum atomic E-state index is -0.221. The van der Waals surface area contributed by atoms with Crippen molar-refractivity contribution in [2.75, 3.05) is 31.2 Å². The number of aryl methyl sites for hydroxylation is 1. The summed E-state index contributed by atoms with van der Waals surface area (Å²) in [5.74, 6) is -0.501. The third-order valence-corrected chi connectivity index (χ3v) is 5.71. The van der Waals surface area contributed by atoms with Gasteiger partial charge in [0.25, 0.3) is 5.91 Å². The minimum absolute atomic E-state index is 0.00606. The van der Waals surface area contributed by atoms with Gasteiger partial charge in [-0.05, 0) is 54.2 Å². The van der Waals surface area contributed by atoms with E-state index < -0.39 is 0 Å². The van der Waals surface area contributed by atoms with Crippen molar-refractivity contribution in [3.63, 3.8) is 0 Å². The van der Waals surface area contributed by atoms with E-state index in [1.807, 2.05) is 62.4 Å². The van der Waals surface area contributed by atoms with Gasteiger partial charge in [0.15, 0.2) is 0 Å². The van der Waals surface area contributed by atoms with Gasteiger partial charge >= 0.3 is 0 Å². The zero-order chi connectivity index (χ0) is 23.5. The maximum absolute atomic E-state index is 13.1. The van der Waals surface area contributed by atoms with Gasteiger partial charge in [-0.1, -0.05) is 52.0 Å². The summed E-state index contributed by atoms with van der Waals surface area (Å²) in [6, 6.07) is 15.3. The standard InChI is InChI=1S/C26H33N3O3/c1-6-14-27(25(32)20-10-12-21(13-11-20)26(3,4)5)16-23(30)28-17-24(31)29(18-28)22-9-7-8-19(2)15-22/h7-13,15H,6,14,16-18H2,1-5H3. The maximum atomic E-state index is 13.1. The molecule has 1 aliphatic heterocycles. The van der Waals surface area contributed by atoms with E-state index in [2.05, 4.69) is 20.8 Å². The van der Waals surface area contributed by atoms with Crippen LogP contribution in [0.25, 0.3) is 0 Å². The van der Waals surface area contributed by atoms with Crippen LogP contribution >= 0.6 is 0 Å². The molecule has 0 bridgehead atoms. The molecule has 0 unspecified atom stereocenters. The van der Waals surface area contributed by atoms with Gasteiger partial charge in [0, 0.05) is 17.8 Å². The van der Waals surface area contributed by atoms with Gasteiger partial charge < -0.3 is 9.80 Å². The van der Waals surface area contributed by atoms with Crippen LogP contribution in [-0.4, -0.2) is 53.8 Å². The quantitative estimate of drug-likeness (QED) is 0.690. The van der Waals surface area contributed by atoms with E-state index >= 15 is 0 Å². The Hall–Kier alpha value is -3.15. The molecule has 1 heterocycles. The van der Waals surface area contributed by atoms with Gasteiger partial charge in [0.05, 0.1) is 0 Å². The van der Waals surface area contributed by atoms with Crippen LogP contribution in [0.2, 0.25) is 0 Å². The van der Waals surface area contributed by atoms with Crippen molar-refractivity contribution in [3.8, 4) is 0 Å². The molecule has 6 nitrogen and oxygen atoms in total. The first-order valence-corrected chi connectivity index (χ1v) is 11.1. The molecular weight excluding hydrogens is 402 g/mol. The summed E-state index contributed by atoms with van der Waals surface area (Å²) in [6.07, 6.45) is 0.743. The Balaban J connectivity index is 1.69. The fourth-order valence-electron chi connectivity index (χ4n) is 3.82. The van der Waals surface area contributed by atoms with E-state index in [-0.39, 0.29) is 42.9 Å². The highest BCUT2D eigenvalue weighted by molar-refractivity contribution is 6.01. The van der Waals surface area contributed by atoms with Gasteiger partial charge in [0.1, 0.15) is 19.8 Å². The summed E-state index contributed by atoms with van der Waals surface area (Å²) in [7, 11) is 0. The summed E-state index contributed by atoms with van der Waals surface area (Å²) < 4.78 is 0. The largest absolute Gasteiger partial charge is 0.329 e. The third-order valence-electron chi connectivity index (χ3n) is 5.71. The Kier molecular flexibility index (Phi) is 7.02. The highest BCUT2D eigenvalue weighted by Crippen LogP contribution is 2.23. The first-order valence-electron chi connectivity index (χ1n) is 11.1. The zero-order valence-corrected chi connectivity index (χ0v) is 19.7. The molecule has 1 fully saturated rings. The van der Waals surface area contributed by atoms with E-state index in [0.717, 1.165) is 23.2 Å². The van der Waals surface area contributed by atoms with Crippen LogP contribution in [0.1, 0.15) is 55.6 Å². The topological polar surface area (TPSA) is 60.9 Å². The molecule has 3 rings (SSSR count). The number of carbonyl (C=O) groups excluding carboxylic acids is 3. The number of amides is 3. The second-order valence-electron chi connectivity index (χ2n) is 9.45. The SMILES string of the molecule is CCCN(CC(=O)N1CC(=O)N(c2cccc(C)c2)C1)C(=O)c1ccc(C(C)(C)C)cc1. The highest BCUT2D eigenvalue weighted by Gasteiger charge is 2.33. The van der Waals surface area contributed by atoms with Crippen LogP contribution < -0.4 is 4.90 Å². The molecule has 0 aliphatic carbocycles. The number of hydrogen-bond donors (Lipinski definition) is 0. The van der Waals surface area contributed by atoms with Crippen molar-refractivity contribution < 1.29 is 14.4 Å². The molecule has 0 aromatic heterocycles. The van der Waals surface area contributed by atoms with Gasteiger partial charge in [-0.3, -0.25) is 19.3 Å². The number of benzene rings is 2. The summed E-state index contributed by atoms with van der Waals surface area (Å²) in [5.41, 5.74) is 3.56. The minimum Gasteiger partial charge on any atom is -0.329 e. The molecule has 0 spiro atoms. The summed E-state index contributed by atoms with van der Waals surface area (Å²) >= 11 is 0. The van der Waals surface area contributed by atoms with Crippen LogP contribution in [-0.2, 0) is 15.0 Å². The van der Waals surface area contributed by atoms with E-state index in [4.69, 9.17) is 0 Å². The average Bonchev–Trinajstić information content (AvgIpc) is 3.14. The number of carbonyl (C=O) groups is 3. The Morgan fingerprint density at radius 2 is 1.75 bits per heavy atom. The van der Waals surface area contributed by atoms with E-state index in [1.54, 1.807) is 9.80 Å². The predicted molar refractivity (Wildman–Crippen MR) is 127 cm³/mol. The lowest BCUT2D eigenvalue weighted by molar-refractivity contribution is -0.132. The lowest BCUT2D eigenvalue weighted by Crippen LogP contribution is -2.43. The van der Waals surface area contributed by atoms with Crippen molar-refractivity contribution in [1.29, 1.82) is 0 Å². The van der Waals surface area contributed by atoms with E-state index in [0.29, 0.717) is 12.1 Å². The first kappa shape index (κ1) is 23.5. The second kappa shape index (κ2) is 9.55. The second-order valence-corrected chi connectivity index (χ2v) is 9.45. The van der Waals surface area contributed by atoms with Crippen LogP contribution in [0.3, 0.4) is 0 Å². The molecule has 0 saturated carbocycles. The lowest BCUT2D eigenvalue weighted by atomic mass is 9.86. The molecule has 2 aromatic rings. The number of nitrogens with zero attached hydrogens (tertiary/aromatic N) is 3. The van der Waals surface area contributed by atoms with Crippen LogP contribution in [0.15, 0.2) is 48.5 Å². The van der Waals surface area contributed by atoms with Gasteiger partial charge in [-0.15, -0.1) is 0 Å². The first-order chi connectivity index (χ1) is 15.1. The summed E-state index contributed by atoms with van der Waals surface area (Å²) in [4.78, 5) is 43.3. The molecule has 1 saturated heterocycles. The molecule has 0 N–H and O–H groups in total. The van der Waals surface area contributed by atoms with Crippen molar-refractivity contribution in [2.24, 2.45) is 0 Å². The number of hydrogen-bond acceptors (Lipinski definition) is 3. The van der Waals surface area contributed by atoms with E-state index in [9.17, 15) is 14.4 Å². The number of anilines is 1. The summed E-state index contributed by atoms with van der Waals surface area (Å²) in [6.45, 7) is 11.0. The molecule has 1 aliphatic rings. The number of rotatable bonds is 6. The van der Waals surface area contributed by atoms with Crippen LogP contribution in [0.5, 0.6) is 0 Å². The normalized spacial score (nSPS) is 14.1. The molecule has 170 valence electrons. The highest BCUT2D eigenvalue weighted by atomic mass is 16.2. The maximum Gasteiger partial charge on any atom is 0.254 e. The molecule has 0 atom stereocenters. The summed E-state index contributed by atoms with van der Waals surface area (Å²) in [5, 5.41) is 0. The van der Waals surface area contributed by atoms with Crippen LogP contribution in [0.4, 0.5) is 5.69 Å². The van der Waals surface area contributed by atoms with Crippen molar-refractivity contribution in [2.45, 2.75) is 46.5 Å². The smallest absolute Gasteiger partial charge is 0.254 e. The average molecular weight is 436 g/mol. The Morgan fingerprint density at radius 1 is 1.06 bits per heavy atom. The fourth-order valence-corrected chi connectivity index (χ4v) is 3.82. The van der Waals surface area contributed by atoms with Crippen molar-refractivity contribution >= 4 is 23.4 Å². The van der Waals surface area contributed by atoms with Crippen molar-refractivity contribution in [3.05, 3.63) is 65.2 Å². The lowest BCUT2D eigenvalue weighted by Gasteiger charge is -2.25. The van der Waals surface area contributed by atoms with Crippen molar-refractivity contribution in [1.82, 2.24) is 9.80 Å². The Morgan fingerprint density at radius 3 is 2.34 bits per heavy atom. The molecule has 6 heteroatoms. The monoisotopic (exact) mass is 435 g/mol. The zero-order valence-electron chi connectivity index (χ0n) is 19.7. The fraction of sp³-hybridized carbons (Fsp3) is 0.423. The molecule has 3 amide bonds. The molecule has 0 radical (unpaired) electrons. The molecule has 32 heavy (non-hydrogen) atoms. The van der Waals surface area contributed by atoms with E-state index in [1.165, 1.54) is 4.90 Å². The Labute approximate surface area is 190 Å². The Bertz CT molecular complexity index is 992. The third kappa shape index (κ3) is 5.36.